The van der Waals surface area contributed by atoms with Gasteiger partial charge in [-0.05, 0) is 58.8 Å². The van der Waals surface area contributed by atoms with Crippen LogP contribution in [-0.2, 0) is 6.61 Å². The largest absolute Gasteiger partial charge is 0.488 e. The van der Waals surface area contributed by atoms with E-state index < -0.39 is 5.97 Å². The Hall–Kier alpha value is -1.56. The van der Waals surface area contributed by atoms with E-state index in [1.54, 1.807) is 12.1 Å². The van der Waals surface area contributed by atoms with Gasteiger partial charge in [-0.15, -0.1) is 0 Å². The van der Waals surface area contributed by atoms with E-state index in [4.69, 9.17) is 9.84 Å². The van der Waals surface area contributed by atoms with Crippen molar-refractivity contribution in [2.24, 2.45) is 0 Å². The van der Waals surface area contributed by atoms with Gasteiger partial charge in [-0.1, -0.05) is 24.3 Å². The van der Waals surface area contributed by atoms with E-state index in [9.17, 15) is 4.79 Å². The summed E-state index contributed by atoms with van der Waals surface area (Å²) in [6.07, 6.45) is 0. The predicted octanol–water partition coefficient (Wildman–Crippen LogP) is 3.88. The van der Waals surface area contributed by atoms with Crippen LogP contribution in [0.25, 0.3) is 0 Å². The molecule has 2 aromatic carbocycles. The lowest BCUT2D eigenvalue weighted by molar-refractivity contribution is 0.0691. The summed E-state index contributed by atoms with van der Waals surface area (Å²) in [5.41, 5.74) is 2.04. The van der Waals surface area contributed by atoms with Crippen molar-refractivity contribution < 1.29 is 14.6 Å². The van der Waals surface area contributed by atoms with Gasteiger partial charge < -0.3 is 9.84 Å². The molecule has 0 atom stereocenters. The molecule has 3 nitrogen and oxygen atoms in total. The number of ether oxygens (including phenoxy) is 1. The highest BCUT2D eigenvalue weighted by atomic mass is 127. The minimum absolute atomic E-state index is 0.200. The van der Waals surface area contributed by atoms with Crippen molar-refractivity contribution in [1.29, 1.82) is 0 Å². The van der Waals surface area contributed by atoms with Crippen molar-refractivity contribution in [1.82, 2.24) is 0 Å². The van der Waals surface area contributed by atoms with Crippen LogP contribution < -0.4 is 4.74 Å². The van der Waals surface area contributed by atoms with Gasteiger partial charge in [0.15, 0.2) is 0 Å². The van der Waals surface area contributed by atoms with Crippen LogP contribution >= 0.6 is 22.6 Å². The van der Waals surface area contributed by atoms with E-state index in [0.717, 1.165) is 14.7 Å². The third-order valence-electron chi connectivity index (χ3n) is 2.74. The van der Waals surface area contributed by atoms with Crippen LogP contribution in [0, 0.1) is 10.5 Å². The maximum Gasteiger partial charge on any atom is 0.339 e. The fourth-order valence-corrected chi connectivity index (χ4v) is 2.11. The van der Waals surface area contributed by atoms with Gasteiger partial charge in [0.05, 0.1) is 0 Å². The highest BCUT2D eigenvalue weighted by molar-refractivity contribution is 14.1. The summed E-state index contributed by atoms with van der Waals surface area (Å²) in [6.45, 7) is 2.21. The molecule has 0 aliphatic heterocycles. The van der Waals surface area contributed by atoms with E-state index >= 15 is 0 Å². The van der Waals surface area contributed by atoms with Gasteiger partial charge in [-0.3, -0.25) is 0 Å². The van der Waals surface area contributed by atoms with Crippen molar-refractivity contribution in [3.8, 4) is 5.75 Å². The highest BCUT2D eigenvalue weighted by Crippen LogP contribution is 2.24. The topological polar surface area (TPSA) is 46.5 Å². The molecule has 98 valence electrons. The maximum atomic E-state index is 11.1. The fraction of sp³-hybridized carbons (Fsp3) is 0.133. The Morgan fingerprint density at radius 1 is 1.21 bits per heavy atom. The number of halogens is 1. The van der Waals surface area contributed by atoms with Gasteiger partial charge in [-0.25, -0.2) is 4.79 Å². The number of aryl methyl sites for hydroxylation is 1. The van der Waals surface area contributed by atoms with E-state index in [0.29, 0.717) is 12.4 Å². The summed E-state index contributed by atoms with van der Waals surface area (Å²) >= 11 is 2.24. The van der Waals surface area contributed by atoms with E-state index in [2.05, 4.69) is 22.6 Å². The molecule has 0 aromatic heterocycles. The Morgan fingerprint density at radius 3 is 2.53 bits per heavy atom. The zero-order chi connectivity index (χ0) is 13.8. The molecule has 2 aromatic rings. The minimum Gasteiger partial charge on any atom is -0.488 e. The van der Waals surface area contributed by atoms with Crippen LogP contribution in [0.5, 0.6) is 5.75 Å². The number of para-hydroxylation sites is 1. The first-order chi connectivity index (χ1) is 9.08. The van der Waals surface area contributed by atoms with Crippen LogP contribution in [0.3, 0.4) is 0 Å². The summed E-state index contributed by atoms with van der Waals surface area (Å²) < 4.78 is 6.83. The molecule has 19 heavy (non-hydrogen) atoms. The monoisotopic (exact) mass is 368 g/mol. The van der Waals surface area contributed by atoms with Crippen molar-refractivity contribution in [3.63, 3.8) is 0 Å². The summed E-state index contributed by atoms with van der Waals surface area (Å²) in [5.74, 6) is -0.533. The second-order valence-corrected chi connectivity index (χ2v) is 5.42. The fourth-order valence-electron chi connectivity index (χ4n) is 1.75. The highest BCUT2D eigenvalue weighted by Gasteiger charge is 2.13. The average molecular weight is 368 g/mol. The molecule has 0 aliphatic rings. The van der Waals surface area contributed by atoms with Gasteiger partial charge in [0.1, 0.15) is 17.9 Å². The minimum atomic E-state index is -0.971. The first-order valence-electron chi connectivity index (χ1n) is 5.78. The second-order valence-electron chi connectivity index (χ2n) is 4.17. The normalized spacial score (nSPS) is 10.2. The number of hydrogen-bond acceptors (Lipinski definition) is 2. The SMILES string of the molecule is Cc1cccc(C(=O)O)c1OCc1ccc(I)cc1. The quantitative estimate of drug-likeness (QED) is 0.834. The Balaban J connectivity index is 2.19. The van der Waals surface area contributed by atoms with Crippen LogP contribution in [0.1, 0.15) is 21.5 Å². The molecule has 0 bridgehead atoms. The number of hydrogen-bond donors (Lipinski definition) is 1. The smallest absolute Gasteiger partial charge is 0.339 e. The second kappa shape index (κ2) is 6.06. The van der Waals surface area contributed by atoms with Gasteiger partial charge in [-0.2, -0.15) is 0 Å². The van der Waals surface area contributed by atoms with Crippen molar-refractivity contribution in [2.75, 3.05) is 0 Å². The number of carbonyl (C=O) groups is 1. The molecule has 0 spiro atoms. The molecule has 0 saturated heterocycles. The number of rotatable bonds is 4. The first kappa shape index (κ1) is 13.9. The van der Waals surface area contributed by atoms with E-state index in [1.807, 2.05) is 37.3 Å². The Morgan fingerprint density at radius 2 is 1.89 bits per heavy atom. The van der Waals surface area contributed by atoms with Crippen molar-refractivity contribution in [3.05, 3.63) is 62.7 Å². The Kier molecular flexibility index (Phi) is 4.42. The molecular formula is C15H13IO3. The van der Waals surface area contributed by atoms with Crippen LogP contribution in [0.4, 0.5) is 0 Å². The zero-order valence-electron chi connectivity index (χ0n) is 10.4. The molecule has 0 unspecified atom stereocenters. The lowest BCUT2D eigenvalue weighted by Gasteiger charge is -2.12. The molecule has 0 saturated carbocycles. The van der Waals surface area contributed by atoms with Crippen molar-refractivity contribution in [2.45, 2.75) is 13.5 Å². The van der Waals surface area contributed by atoms with E-state index in [1.165, 1.54) is 0 Å². The molecule has 2 rings (SSSR count). The molecule has 0 amide bonds. The molecule has 0 fully saturated rings. The maximum absolute atomic E-state index is 11.1. The Labute approximate surface area is 125 Å². The zero-order valence-corrected chi connectivity index (χ0v) is 12.5. The lowest BCUT2D eigenvalue weighted by Crippen LogP contribution is -2.05. The van der Waals surface area contributed by atoms with Crippen LogP contribution in [0.15, 0.2) is 42.5 Å². The summed E-state index contributed by atoms with van der Waals surface area (Å²) in [5, 5.41) is 9.14. The van der Waals surface area contributed by atoms with Gasteiger partial charge in [0, 0.05) is 3.57 Å². The van der Waals surface area contributed by atoms with Crippen LogP contribution in [0.2, 0.25) is 0 Å². The molecule has 1 N–H and O–H groups in total. The standard InChI is InChI=1S/C15H13IO3/c1-10-3-2-4-13(15(17)18)14(10)19-9-11-5-7-12(16)8-6-11/h2-8H,9H2,1H3,(H,17,18). The number of carboxylic acids is 1. The summed E-state index contributed by atoms with van der Waals surface area (Å²) in [7, 11) is 0. The molecule has 0 aliphatic carbocycles. The van der Waals surface area contributed by atoms with Gasteiger partial charge in [0.2, 0.25) is 0 Å². The number of carboxylic acid groups (broad SMARTS) is 1. The number of aromatic carboxylic acids is 1. The molecule has 4 heteroatoms. The Bertz CT molecular complexity index is 591. The van der Waals surface area contributed by atoms with Crippen LogP contribution in [-0.4, -0.2) is 11.1 Å². The molecular weight excluding hydrogens is 355 g/mol. The molecule has 0 radical (unpaired) electrons. The summed E-state index contributed by atoms with van der Waals surface area (Å²) in [6, 6.07) is 13.1. The number of benzene rings is 2. The third kappa shape index (κ3) is 3.47. The third-order valence-corrected chi connectivity index (χ3v) is 3.46. The van der Waals surface area contributed by atoms with Gasteiger partial charge in [0.25, 0.3) is 0 Å². The molecule has 0 heterocycles. The average Bonchev–Trinajstić information content (AvgIpc) is 2.39. The van der Waals surface area contributed by atoms with E-state index in [-0.39, 0.29) is 5.56 Å². The predicted molar refractivity (Wildman–Crippen MR) is 81.6 cm³/mol. The van der Waals surface area contributed by atoms with Gasteiger partial charge >= 0.3 is 5.97 Å². The summed E-state index contributed by atoms with van der Waals surface area (Å²) in [4.78, 5) is 11.1. The van der Waals surface area contributed by atoms with Crippen molar-refractivity contribution >= 4 is 28.6 Å². The first-order valence-corrected chi connectivity index (χ1v) is 6.86. The lowest BCUT2D eigenvalue weighted by atomic mass is 10.1.